The van der Waals surface area contributed by atoms with Gasteiger partial charge in [0.25, 0.3) is 0 Å². The zero-order chi connectivity index (χ0) is 10.1. The van der Waals surface area contributed by atoms with Gasteiger partial charge in [-0.3, -0.25) is 0 Å². The van der Waals surface area contributed by atoms with E-state index in [1.807, 2.05) is 25.2 Å². The van der Waals surface area contributed by atoms with Crippen molar-refractivity contribution in [3.63, 3.8) is 0 Å². The molecule has 13 heavy (non-hydrogen) atoms. The molecule has 0 saturated carbocycles. The molecule has 1 heteroatoms. The van der Waals surface area contributed by atoms with E-state index in [9.17, 15) is 0 Å². The Hall–Kier alpha value is -0.820. The molecule has 0 aliphatic carbocycles. The molecule has 1 unspecified atom stereocenters. The van der Waals surface area contributed by atoms with Crippen molar-refractivity contribution in [1.29, 1.82) is 0 Å². The summed E-state index contributed by atoms with van der Waals surface area (Å²) in [5.41, 5.74) is 7.18. The third-order valence-corrected chi connectivity index (χ3v) is 1.90. The zero-order valence-corrected chi connectivity index (χ0v) is 8.96. The molecule has 0 rings (SSSR count). The third-order valence-electron chi connectivity index (χ3n) is 1.90. The van der Waals surface area contributed by atoms with Gasteiger partial charge < -0.3 is 5.73 Å². The highest BCUT2D eigenvalue weighted by Gasteiger charge is 2.01. The van der Waals surface area contributed by atoms with Crippen LogP contribution in [0.2, 0.25) is 0 Å². The highest BCUT2D eigenvalue weighted by atomic mass is 14.6. The Kier molecular flexibility index (Phi) is 7.32. The van der Waals surface area contributed by atoms with Gasteiger partial charge >= 0.3 is 0 Å². The summed E-state index contributed by atoms with van der Waals surface area (Å²) in [7, 11) is 0. The van der Waals surface area contributed by atoms with Gasteiger partial charge in [-0.15, -0.1) is 0 Å². The summed E-state index contributed by atoms with van der Waals surface area (Å²) < 4.78 is 0. The molecule has 74 valence electrons. The van der Waals surface area contributed by atoms with E-state index in [2.05, 4.69) is 26.0 Å². The Bertz CT molecular complexity index is 199. The SMILES string of the molecule is C\C=C/C=C\C(=C\CC)C(N)CC. The number of hydrogen-bond acceptors (Lipinski definition) is 1. The monoisotopic (exact) mass is 179 g/mol. The Morgan fingerprint density at radius 1 is 1.31 bits per heavy atom. The molecule has 1 nitrogen and oxygen atoms in total. The van der Waals surface area contributed by atoms with E-state index in [0.717, 1.165) is 12.8 Å². The zero-order valence-electron chi connectivity index (χ0n) is 8.96. The number of nitrogens with two attached hydrogens (primary N) is 1. The predicted molar refractivity (Wildman–Crippen MR) is 60.6 cm³/mol. The lowest BCUT2D eigenvalue weighted by Gasteiger charge is -2.09. The van der Waals surface area contributed by atoms with Crippen molar-refractivity contribution in [2.75, 3.05) is 0 Å². The van der Waals surface area contributed by atoms with Gasteiger partial charge in [0.2, 0.25) is 0 Å². The number of allylic oxidation sites excluding steroid dienone is 4. The van der Waals surface area contributed by atoms with Crippen molar-refractivity contribution >= 4 is 0 Å². The largest absolute Gasteiger partial charge is 0.324 e. The van der Waals surface area contributed by atoms with Crippen LogP contribution < -0.4 is 5.73 Å². The average Bonchev–Trinajstić information content (AvgIpc) is 2.16. The van der Waals surface area contributed by atoms with E-state index in [1.54, 1.807) is 0 Å². The fraction of sp³-hybridized carbons (Fsp3) is 0.500. The average molecular weight is 179 g/mol. The van der Waals surface area contributed by atoms with Gasteiger partial charge in [0.1, 0.15) is 0 Å². The lowest BCUT2D eigenvalue weighted by Crippen LogP contribution is -2.20. The fourth-order valence-electron chi connectivity index (χ4n) is 1.09. The summed E-state index contributed by atoms with van der Waals surface area (Å²) in [6, 6.07) is 0.182. The van der Waals surface area contributed by atoms with Crippen LogP contribution in [0.3, 0.4) is 0 Å². The van der Waals surface area contributed by atoms with Crippen molar-refractivity contribution in [3.8, 4) is 0 Å². The lowest BCUT2D eigenvalue weighted by atomic mass is 10.0. The van der Waals surface area contributed by atoms with E-state index in [-0.39, 0.29) is 6.04 Å². The van der Waals surface area contributed by atoms with Gasteiger partial charge in [-0.2, -0.15) is 0 Å². The predicted octanol–water partition coefficient (Wildman–Crippen LogP) is 3.19. The molecule has 0 bridgehead atoms. The highest BCUT2D eigenvalue weighted by molar-refractivity contribution is 5.26. The molecule has 0 fully saturated rings. The molecule has 1 atom stereocenters. The molecule has 0 saturated heterocycles. The topological polar surface area (TPSA) is 26.0 Å². The van der Waals surface area contributed by atoms with E-state index in [1.165, 1.54) is 5.57 Å². The molecule has 0 aromatic rings. The molecule has 0 amide bonds. The Morgan fingerprint density at radius 2 is 2.00 bits per heavy atom. The minimum atomic E-state index is 0.182. The molecule has 0 aliphatic rings. The van der Waals surface area contributed by atoms with Crippen LogP contribution in [0.4, 0.5) is 0 Å². The molecule has 0 aromatic heterocycles. The van der Waals surface area contributed by atoms with E-state index < -0.39 is 0 Å². The minimum absolute atomic E-state index is 0.182. The Labute approximate surface area is 82.0 Å². The maximum atomic E-state index is 5.94. The molecule has 0 aromatic carbocycles. The van der Waals surface area contributed by atoms with Gasteiger partial charge in [-0.05, 0) is 25.3 Å². The Balaban J connectivity index is 4.34. The first kappa shape index (κ1) is 12.2. The minimum Gasteiger partial charge on any atom is -0.324 e. The summed E-state index contributed by atoms with van der Waals surface area (Å²) in [5.74, 6) is 0. The Morgan fingerprint density at radius 3 is 2.46 bits per heavy atom. The van der Waals surface area contributed by atoms with Crippen LogP contribution >= 0.6 is 0 Å². The smallest absolute Gasteiger partial charge is 0.0288 e. The van der Waals surface area contributed by atoms with Crippen molar-refractivity contribution < 1.29 is 0 Å². The van der Waals surface area contributed by atoms with Crippen LogP contribution in [-0.2, 0) is 0 Å². The molecule has 0 spiro atoms. The van der Waals surface area contributed by atoms with Gasteiger partial charge in [0.05, 0.1) is 0 Å². The second-order valence-electron chi connectivity index (χ2n) is 3.01. The van der Waals surface area contributed by atoms with Gasteiger partial charge in [-0.25, -0.2) is 0 Å². The van der Waals surface area contributed by atoms with Crippen molar-refractivity contribution in [2.45, 2.75) is 39.7 Å². The van der Waals surface area contributed by atoms with E-state index in [4.69, 9.17) is 5.73 Å². The van der Waals surface area contributed by atoms with Gasteiger partial charge in [0.15, 0.2) is 0 Å². The van der Waals surface area contributed by atoms with Crippen molar-refractivity contribution in [3.05, 3.63) is 36.0 Å². The highest BCUT2D eigenvalue weighted by Crippen LogP contribution is 2.07. The number of hydrogen-bond donors (Lipinski definition) is 1. The van der Waals surface area contributed by atoms with Crippen LogP contribution in [0.1, 0.15) is 33.6 Å². The molecule has 0 aliphatic heterocycles. The van der Waals surface area contributed by atoms with Crippen molar-refractivity contribution in [2.24, 2.45) is 5.73 Å². The van der Waals surface area contributed by atoms with E-state index in [0.29, 0.717) is 0 Å². The van der Waals surface area contributed by atoms with Crippen molar-refractivity contribution in [1.82, 2.24) is 0 Å². The molecular weight excluding hydrogens is 158 g/mol. The lowest BCUT2D eigenvalue weighted by molar-refractivity contribution is 0.751. The maximum Gasteiger partial charge on any atom is 0.0288 e. The summed E-state index contributed by atoms with van der Waals surface area (Å²) in [5, 5.41) is 0. The van der Waals surface area contributed by atoms with Gasteiger partial charge in [0, 0.05) is 6.04 Å². The molecular formula is C12H21N. The summed E-state index contributed by atoms with van der Waals surface area (Å²) >= 11 is 0. The molecule has 0 radical (unpaired) electrons. The molecule has 2 N–H and O–H groups in total. The first-order chi connectivity index (χ1) is 6.26. The molecule has 0 heterocycles. The third kappa shape index (κ3) is 5.42. The first-order valence-electron chi connectivity index (χ1n) is 5.01. The second-order valence-corrected chi connectivity index (χ2v) is 3.01. The summed E-state index contributed by atoms with van der Waals surface area (Å²) in [6.07, 6.45) is 12.4. The van der Waals surface area contributed by atoms with Crippen LogP contribution in [-0.4, -0.2) is 6.04 Å². The maximum absolute atomic E-state index is 5.94. The first-order valence-corrected chi connectivity index (χ1v) is 5.01. The quantitative estimate of drug-likeness (QED) is 0.644. The summed E-state index contributed by atoms with van der Waals surface area (Å²) in [4.78, 5) is 0. The van der Waals surface area contributed by atoms with Crippen LogP contribution in [0.25, 0.3) is 0 Å². The standard InChI is InChI=1S/C12H21N/c1-4-7-8-10-11(9-5-2)12(13)6-3/h4,7-10,12H,5-6,13H2,1-3H3/b7-4-,10-8-,11-9-. The van der Waals surface area contributed by atoms with E-state index >= 15 is 0 Å². The van der Waals surface area contributed by atoms with Crippen LogP contribution in [0, 0.1) is 0 Å². The number of rotatable bonds is 5. The van der Waals surface area contributed by atoms with Crippen LogP contribution in [0.15, 0.2) is 36.0 Å². The van der Waals surface area contributed by atoms with Crippen LogP contribution in [0.5, 0.6) is 0 Å². The summed E-state index contributed by atoms with van der Waals surface area (Å²) in [6.45, 7) is 6.25. The van der Waals surface area contributed by atoms with Gasteiger partial charge in [-0.1, -0.05) is 44.2 Å². The second kappa shape index (κ2) is 7.81. The fourth-order valence-corrected chi connectivity index (χ4v) is 1.09. The normalized spacial score (nSPS) is 15.8.